The van der Waals surface area contributed by atoms with E-state index in [9.17, 15) is 14.7 Å². The van der Waals surface area contributed by atoms with Gasteiger partial charge in [-0.15, -0.1) is 0 Å². The van der Waals surface area contributed by atoms with Crippen LogP contribution in [0.3, 0.4) is 0 Å². The molecular weight excluding hydrogens is 174 g/mol. The van der Waals surface area contributed by atoms with Crippen molar-refractivity contribution in [3.05, 3.63) is 0 Å². The molecule has 0 rings (SSSR count). The van der Waals surface area contributed by atoms with Gasteiger partial charge in [-0.05, 0) is 13.3 Å². The third-order valence-electron chi connectivity index (χ3n) is 1.35. The first-order chi connectivity index (χ1) is 5.91. The van der Waals surface area contributed by atoms with Gasteiger partial charge in [0, 0.05) is 6.92 Å². The van der Waals surface area contributed by atoms with Crippen molar-refractivity contribution < 1.29 is 19.8 Å². The van der Waals surface area contributed by atoms with Crippen LogP contribution in [0.4, 0.5) is 0 Å². The molecule has 5 heteroatoms. The van der Waals surface area contributed by atoms with Crippen molar-refractivity contribution >= 4 is 11.8 Å². The van der Waals surface area contributed by atoms with Crippen molar-refractivity contribution in [1.29, 1.82) is 0 Å². The molecule has 0 saturated heterocycles. The van der Waals surface area contributed by atoms with E-state index in [1.165, 1.54) is 13.8 Å². The van der Waals surface area contributed by atoms with E-state index in [0.29, 0.717) is 0 Å². The van der Waals surface area contributed by atoms with Crippen molar-refractivity contribution in [2.75, 3.05) is 0 Å². The number of carbonyl (C=O) groups is 2. The molecular formula is C8H15NO4. The molecule has 0 heterocycles. The predicted octanol–water partition coefficient (Wildman–Crippen LogP) is -0.829. The second-order valence-corrected chi connectivity index (χ2v) is 3.05. The largest absolute Gasteiger partial charge is 0.393 e. The van der Waals surface area contributed by atoms with E-state index >= 15 is 0 Å². The molecule has 0 saturated carbocycles. The number of aliphatic hydroxyl groups is 2. The summed E-state index contributed by atoms with van der Waals surface area (Å²) in [6.45, 7) is 2.74. The lowest BCUT2D eigenvalue weighted by Gasteiger charge is -2.10. The molecule has 2 atom stereocenters. The van der Waals surface area contributed by atoms with Crippen LogP contribution in [0.2, 0.25) is 0 Å². The molecule has 3 N–H and O–H groups in total. The Hall–Kier alpha value is -0.940. The summed E-state index contributed by atoms with van der Waals surface area (Å²) < 4.78 is 0. The number of aliphatic hydroxyl groups excluding tert-OH is 2. The van der Waals surface area contributed by atoms with Crippen LogP contribution in [-0.2, 0) is 9.59 Å². The van der Waals surface area contributed by atoms with E-state index < -0.39 is 24.0 Å². The fourth-order valence-electron chi connectivity index (χ4n) is 0.938. The molecule has 0 aromatic rings. The van der Waals surface area contributed by atoms with Crippen LogP contribution in [0.25, 0.3) is 0 Å². The van der Waals surface area contributed by atoms with E-state index in [4.69, 9.17) is 5.11 Å². The Morgan fingerprint density at radius 3 is 2.31 bits per heavy atom. The van der Waals surface area contributed by atoms with Gasteiger partial charge >= 0.3 is 0 Å². The summed E-state index contributed by atoms with van der Waals surface area (Å²) in [6, 6.07) is 0. The maximum atomic E-state index is 10.9. The molecule has 76 valence electrons. The number of rotatable bonds is 4. The van der Waals surface area contributed by atoms with Crippen molar-refractivity contribution in [3.63, 3.8) is 0 Å². The van der Waals surface area contributed by atoms with Gasteiger partial charge in [0.2, 0.25) is 11.8 Å². The molecule has 0 bridgehead atoms. The topological polar surface area (TPSA) is 86.6 Å². The lowest BCUT2D eigenvalue weighted by atomic mass is 10.1. The van der Waals surface area contributed by atoms with Crippen LogP contribution in [0, 0.1) is 0 Å². The van der Waals surface area contributed by atoms with E-state index in [-0.39, 0.29) is 12.8 Å². The molecule has 13 heavy (non-hydrogen) atoms. The summed E-state index contributed by atoms with van der Waals surface area (Å²) in [6.07, 6.45) is -1.59. The molecule has 2 amide bonds. The van der Waals surface area contributed by atoms with Crippen LogP contribution >= 0.6 is 0 Å². The Morgan fingerprint density at radius 2 is 1.92 bits per heavy atom. The first-order valence-corrected chi connectivity index (χ1v) is 4.08. The maximum Gasteiger partial charge on any atom is 0.229 e. The van der Waals surface area contributed by atoms with Crippen LogP contribution in [-0.4, -0.2) is 34.2 Å². The highest BCUT2D eigenvalue weighted by molar-refractivity contribution is 5.94. The van der Waals surface area contributed by atoms with Crippen molar-refractivity contribution in [3.8, 4) is 0 Å². The van der Waals surface area contributed by atoms with E-state index in [2.05, 4.69) is 0 Å². The predicted molar refractivity (Wildman–Crippen MR) is 45.7 cm³/mol. The smallest absolute Gasteiger partial charge is 0.229 e. The lowest BCUT2D eigenvalue weighted by molar-refractivity contribution is -0.130. The standard InChI is InChI=1S/C8H15NO4/c1-5(10)3-7(12)4-8(13)9-6(2)11/h5,7,10,12H,3-4H2,1-2H3,(H,9,11,13)/t5-,7+/m1/s1. The first-order valence-electron chi connectivity index (χ1n) is 4.08. The Bertz CT molecular complexity index is 191. The van der Waals surface area contributed by atoms with Crippen molar-refractivity contribution in [2.45, 2.75) is 38.9 Å². The van der Waals surface area contributed by atoms with Gasteiger partial charge in [-0.25, -0.2) is 0 Å². The zero-order valence-corrected chi connectivity index (χ0v) is 7.78. The molecule has 0 aromatic heterocycles. The zero-order valence-electron chi connectivity index (χ0n) is 7.78. The Kier molecular flexibility index (Phi) is 5.25. The Morgan fingerprint density at radius 1 is 1.38 bits per heavy atom. The lowest BCUT2D eigenvalue weighted by Crippen LogP contribution is -2.31. The minimum Gasteiger partial charge on any atom is -0.393 e. The second-order valence-electron chi connectivity index (χ2n) is 3.05. The van der Waals surface area contributed by atoms with Crippen LogP contribution in [0.1, 0.15) is 26.7 Å². The maximum absolute atomic E-state index is 10.9. The molecule has 0 aliphatic rings. The molecule has 5 nitrogen and oxygen atoms in total. The molecule has 0 aliphatic carbocycles. The summed E-state index contributed by atoms with van der Waals surface area (Å²) >= 11 is 0. The summed E-state index contributed by atoms with van der Waals surface area (Å²) in [5.41, 5.74) is 0. The number of hydrogen-bond donors (Lipinski definition) is 3. The van der Waals surface area contributed by atoms with Gasteiger partial charge in [0.1, 0.15) is 0 Å². The number of nitrogens with one attached hydrogen (secondary N) is 1. The summed E-state index contributed by atoms with van der Waals surface area (Å²) in [5.74, 6) is -0.977. The quantitative estimate of drug-likeness (QED) is 0.538. The number of hydrogen-bond acceptors (Lipinski definition) is 4. The van der Waals surface area contributed by atoms with E-state index in [1.807, 2.05) is 5.32 Å². The summed E-state index contributed by atoms with van der Waals surface area (Å²) in [7, 11) is 0. The normalized spacial score (nSPS) is 14.8. The highest BCUT2D eigenvalue weighted by Crippen LogP contribution is 2.01. The first kappa shape index (κ1) is 12.1. The highest BCUT2D eigenvalue weighted by atomic mass is 16.3. The average Bonchev–Trinajstić information content (AvgIpc) is 1.80. The molecule has 0 unspecified atom stereocenters. The Labute approximate surface area is 76.8 Å². The van der Waals surface area contributed by atoms with Gasteiger partial charge in [-0.2, -0.15) is 0 Å². The summed E-state index contributed by atoms with van der Waals surface area (Å²) in [4.78, 5) is 21.3. The van der Waals surface area contributed by atoms with Crippen molar-refractivity contribution in [1.82, 2.24) is 5.32 Å². The monoisotopic (exact) mass is 189 g/mol. The molecule has 0 aliphatic heterocycles. The summed E-state index contributed by atoms with van der Waals surface area (Å²) in [5, 5.41) is 20.1. The van der Waals surface area contributed by atoms with Gasteiger partial charge in [-0.3, -0.25) is 14.9 Å². The van der Waals surface area contributed by atoms with Gasteiger partial charge < -0.3 is 10.2 Å². The molecule has 0 fully saturated rings. The molecule has 0 radical (unpaired) electrons. The highest BCUT2D eigenvalue weighted by Gasteiger charge is 2.13. The van der Waals surface area contributed by atoms with Crippen LogP contribution in [0.15, 0.2) is 0 Å². The number of imide groups is 1. The molecule has 0 spiro atoms. The van der Waals surface area contributed by atoms with Gasteiger partial charge in [0.25, 0.3) is 0 Å². The van der Waals surface area contributed by atoms with Gasteiger partial charge in [0.05, 0.1) is 18.6 Å². The van der Waals surface area contributed by atoms with Gasteiger partial charge in [-0.1, -0.05) is 0 Å². The zero-order chi connectivity index (χ0) is 10.4. The average molecular weight is 189 g/mol. The second kappa shape index (κ2) is 5.66. The Balaban J connectivity index is 3.71. The number of carbonyl (C=O) groups excluding carboxylic acids is 2. The fourth-order valence-corrected chi connectivity index (χ4v) is 0.938. The van der Waals surface area contributed by atoms with Crippen molar-refractivity contribution in [2.24, 2.45) is 0 Å². The minimum absolute atomic E-state index is 0.130. The van der Waals surface area contributed by atoms with E-state index in [1.54, 1.807) is 0 Å². The fraction of sp³-hybridized carbons (Fsp3) is 0.750. The third kappa shape index (κ3) is 7.42. The van der Waals surface area contributed by atoms with Crippen LogP contribution in [0.5, 0.6) is 0 Å². The number of amides is 2. The third-order valence-corrected chi connectivity index (χ3v) is 1.35. The molecule has 0 aromatic carbocycles. The van der Waals surface area contributed by atoms with Crippen LogP contribution < -0.4 is 5.32 Å². The SMILES string of the molecule is CC(=O)NC(=O)C[C@@H](O)C[C@@H](C)O. The van der Waals surface area contributed by atoms with Gasteiger partial charge in [0.15, 0.2) is 0 Å². The van der Waals surface area contributed by atoms with E-state index in [0.717, 1.165) is 0 Å². The minimum atomic E-state index is -0.903.